The zero-order chi connectivity index (χ0) is 17.3. The summed E-state index contributed by atoms with van der Waals surface area (Å²) in [5.41, 5.74) is 0.750. The Morgan fingerprint density at radius 3 is 1.65 bits per heavy atom. The van der Waals surface area contributed by atoms with Gasteiger partial charge in [0.15, 0.2) is 0 Å². The van der Waals surface area contributed by atoms with Crippen molar-refractivity contribution in [3.8, 4) is 0 Å². The van der Waals surface area contributed by atoms with Gasteiger partial charge in [-0.3, -0.25) is 0 Å². The molecule has 1 aliphatic carbocycles. The molecule has 26 heavy (non-hydrogen) atoms. The Morgan fingerprint density at radius 1 is 0.731 bits per heavy atom. The van der Waals surface area contributed by atoms with Gasteiger partial charge in [-0.25, -0.2) is 12.1 Å². The zero-order valence-corrected chi connectivity index (χ0v) is 16.2. The van der Waals surface area contributed by atoms with Gasteiger partial charge >= 0.3 is 17.1 Å². The van der Waals surface area contributed by atoms with Gasteiger partial charge in [-0.15, -0.1) is 11.6 Å². The van der Waals surface area contributed by atoms with Crippen LogP contribution in [-0.2, 0) is 17.1 Å². The molecule has 0 atom stereocenters. The summed E-state index contributed by atoms with van der Waals surface area (Å²) in [6.07, 6.45) is 8.05. The first kappa shape index (κ1) is 20.1. The van der Waals surface area contributed by atoms with Gasteiger partial charge in [0, 0.05) is 0 Å². The Labute approximate surface area is 167 Å². The fraction of sp³-hybridized carbons (Fsp3) is 0. The zero-order valence-electron chi connectivity index (χ0n) is 14.2. The van der Waals surface area contributed by atoms with Crippen LogP contribution in [0.15, 0.2) is 121 Å². The Morgan fingerprint density at radius 2 is 1.27 bits per heavy atom. The molecule has 0 amide bonds. The number of rotatable bonds is 3. The molecule has 0 aromatic heterocycles. The molecule has 1 nitrogen and oxygen atoms in total. The van der Waals surface area contributed by atoms with Crippen LogP contribution in [0.5, 0.6) is 0 Å². The van der Waals surface area contributed by atoms with Crippen LogP contribution in [0.4, 0.5) is 0 Å². The van der Waals surface area contributed by atoms with Crippen molar-refractivity contribution in [3.63, 3.8) is 0 Å². The summed E-state index contributed by atoms with van der Waals surface area (Å²) in [5, 5.41) is 14.1. The predicted molar refractivity (Wildman–Crippen MR) is 107 cm³/mol. The van der Waals surface area contributed by atoms with Crippen molar-refractivity contribution in [2.24, 2.45) is 0 Å². The minimum Gasteiger partial charge on any atom is -0.877 e. The first-order valence-electron chi connectivity index (χ1n) is 8.17. The van der Waals surface area contributed by atoms with E-state index in [-0.39, 0.29) is 17.1 Å². The van der Waals surface area contributed by atoms with Gasteiger partial charge in [-0.2, -0.15) is 12.1 Å². The molecule has 0 bridgehead atoms. The quantitative estimate of drug-likeness (QED) is 0.287. The third-order valence-corrected chi connectivity index (χ3v) is 6.20. The average Bonchev–Trinajstić information content (AvgIpc) is 3.38. The Bertz CT molecular complexity index is 796. The SMILES string of the molecule is [Fe+2].[O-]C=C1C=CC=C1.c1ccc(P(c2ccccc2)c2ccc[cH-]2)cc1. The first-order chi connectivity index (χ1) is 12.4. The van der Waals surface area contributed by atoms with Crippen molar-refractivity contribution < 1.29 is 22.2 Å². The molecular formula is C23H19FeOP. The molecule has 130 valence electrons. The van der Waals surface area contributed by atoms with Crippen molar-refractivity contribution in [1.29, 1.82) is 0 Å². The summed E-state index contributed by atoms with van der Waals surface area (Å²) in [4.78, 5) is 0. The van der Waals surface area contributed by atoms with Crippen molar-refractivity contribution >= 4 is 23.8 Å². The van der Waals surface area contributed by atoms with Crippen molar-refractivity contribution in [2.45, 2.75) is 0 Å². The van der Waals surface area contributed by atoms with Crippen LogP contribution in [-0.4, -0.2) is 0 Å². The van der Waals surface area contributed by atoms with Gasteiger partial charge in [0.1, 0.15) is 0 Å². The maximum absolute atomic E-state index is 9.87. The van der Waals surface area contributed by atoms with E-state index in [4.69, 9.17) is 0 Å². The topological polar surface area (TPSA) is 23.1 Å². The van der Waals surface area contributed by atoms with E-state index in [0.717, 1.165) is 11.8 Å². The van der Waals surface area contributed by atoms with Gasteiger partial charge in [-0.05, 0) is 24.1 Å². The fourth-order valence-electron chi connectivity index (χ4n) is 2.58. The standard InChI is InChI=1S/C17H14P.C6H6O.Fe/c1-3-9-15(10-4-1)18(17-13-7-8-14-17)16-11-5-2-6-12-16;7-5-6-3-1-2-4-6;/h1-14H;1-5,7H;/q-1;;+2/p-1. The summed E-state index contributed by atoms with van der Waals surface area (Å²) in [6.45, 7) is 0. The molecule has 3 aromatic rings. The number of allylic oxidation sites excluding steroid dienone is 5. The summed E-state index contributed by atoms with van der Waals surface area (Å²) in [5.74, 6) is 0. The minimum atomic E-state index is -0.409. The van der Waals surface area contributed by atoms with Crippen LogP contribution in [0.2, 0.25) is 0 Å². The summed E-state index contributed by atoms with van der Waals surface area (Å²) in [7, 11) is -0.409. The molecule has 1 aliphatic rings. The van der Waals surface area contributed by atoms with E-state index in [2.05, 4.69) is 84.9 Å². The third-order valence-electron chi connectivity index (χ3n) is 3.76. The van der Waals surface area contributed by atoms with E-state index in [1.54, 1.807) is 12.2 Å². The maximum Gasteiger partial charge on any atom is 2.00 e. The van der Waals surface area contributed by atoms with Crippen molar-refractivity contribution in [3.05, 3.63) is 121 Å². The summed E-state index contributed by atoms with van der Waals surface area (Å²) in [6, 6.07) is 30.2. The molecule has 0 fully saturated rings. The smallest absolute Gasteiger partial charge is 0.877 e. The van der Waals surface area contributed by atoms with E-state index < -0.39 is 7.92 Å². The second kappa shape index (κ2) is 10.7. The third kappa shape index (κ3) is 5.38. The molecule has 0 unspecified atom stereocenters. The van der Waals surface area contributed by atoms with Gasteiger partial charge in [0.05, 0.1) is 0 Å². The fourth-order valence-corrected chi connectivity index (χ4v) is 4.89. The van der Waals surface area contributed by atoms with Crippen LogP contribution in [0.1, 0.15) is 0 Å². The van der Waals surface area contributed by atoms with Gasteiger partial charge in [-0.1, -0.05) is 85.0 Å². The molecule has 0 saturated heterocycles. The van der Waals surface area contributed by atoms with Crippen LogP contribution < -0.4 is 21.0 Å². The largest absolute Gasteiger partial charge is 2.00 e. The Kier molecular flexibility index (Phi) is 8.25. The summed E-state index contributed by atoms with van der Waals surface area (Å²) < 4.78 is 0. The van der Waals surface area contributed by atoms with Crippen LogP contribution in [0.25, 0.3) is 0 Å². The van der Waals surface area contributed by atoms with E-state index in [1.807, 2.05) is 12.2 Å². The second-order valence-corrected chi connectivity index (χ2v) is 7.71. The minimum absolute atomic E-state index is 0. The van der Waals surface area contributed by atoms with Crippen LogP contribution in [0.3, 0.4) is 0 Å². The average molecular weight is 398 g/mol. The molecule has 3 heteroatoms. The molecule has 0 spiro atoms. The molecule has 4 rings (SSSR count). The van der Waals surface area contributed by atoms with E-state index >= 15 is 0 Å². The number of hydrogen-bond donors (Lipinski definition) is 0. The second-order valence-electron chi connectivity index (χ2n) is 5.49. The molecule has 0 aliphatic heterocycles. The Balaban J connectivity index is 0.000000258. The Hall–Kier alpha value is -2.24. The molecule has 0 N–H and O–H groups in total. The van der Waals surface area contributed by atoms with E-state index in [0.29, 0.717) is 0 Å². The van der Waals surface area contributed by atoms with Gasteiger partial charge in [0.2, 0.25) is 0 Å². The van der Waals surface area contributed by atoms with E-state index in [9.17, 15) is 5.11 Å². The number of hydrogen-bond acceptors (Lipinski definition) is 1. The maximum atomic E-state index is 9.87. The molecular weight excluding hydrogens is 379 g/mol. The monoisotopic (exact) mass is 398 g/mol. The van der Waals surface area contributed by atoms with Crippen LogP contribution in [0, 0.1) is 0 Å². The van der Waals surface area contributed by atoms with Crippen molar-refractivity contribution in [2.75, 3.05) is 0 Å². The van der Waals surface area contributed by atoms with E-state index in [1.165, 1.54) is 15.9 Å². The molecule has 0 heterocycles. The first-order valence-corrected chi connectivity index (χ1v) is 9.51. The summed E-state index contributed by atoms with van der Waals surface area (Å²) >= 11 is 0. The molecule has 3 aromatic carbocycles. The van der Waals surface area contributed by atoms with Crippen LogP contribution >= 0.6 is 7.92 Å². The van der Waals surface area contributed by atoms with Gasteiger partial charge in [0.25, 0.3) is 0 Å². The molecule has 0 radical (unpaired) electrons. The number of benzene rings is 2. The van der Waals surface area contributed by atoms with Crippen molar-refractivity contribution in [1.82, 2.24) is 0 Å². The molecule has 0 saturated carbocycles. The normalized spacial score (nSPS) is 11.7. The predicted octanol–water partition coefficient (Wildman–Crippen LogP) is 3.52. The van der Waals surface area contributed by atoms with Gasteiger partial charge < -0.3 is 5.11 Å².